The van der Waals surface area contributed by atoms with Gasteiger partial charge in [0.15, 0.2) is 5.78 Å². The van der Waals surface area contributed by atoms with Crippen molar-refractivity contribution in [3.05, 3.63) is 17.0 Å². The minimum Gasteiger partial charge on any atom is -0.476 e. The molecule has 1 aromatic heterocycles. The Bertz CT molecular complexity index is 339. The Labute approximate surface area is 68.0 Å². The molecular formula is C7H7NO4. The van der Waals surface area contributed by atoms with E-state index in [0.717, 1.165) is 0 Å². The zero-order chi connectivity index (χ0) is 9.30. The predicted molar refractivity (Wildman–Crippen MR) is 38.2 cm³/mol. The second-order valence-electron chi connectivity index (χ2n) is 2.32. The second-order valence-corrected chi connectivity index (χ2v) is 2.32. The summed E-state index contributed by atoms with van der Waals surface area (Å²) in [6.45, 7) is 2.77. The van der Waals surface area contributed by atoms with Gasteiger partial charge in [0.25, 0.3) is 0 Å². The summed E-state index contributed by atoms with van der Waals surface area (Å²) >= 11 is 0. The molecule has 0 aliphatic carbocycles. The number of carboxylic acids is 1. The normalized spacial score (nSPS) is 9.83. The molecule has 0 radical (unpaired) electrons. The highest BCUT2D eigenvalue weighted by molar-refractivity contribution is 6.04. The fraction of sp³-hybridized carbons (Fsp3) is 0.286. The third-order valence-electron chi connectivity index (χ3n) is 1.42. The number of carboxylic acid groups (broad SMARTS) is 1. The molecule has 0 bridgehead atoms. The van der Waals surface area contributed by atoms with Crippen molar-refractivity contribution in [1.82, 2.24) is 5.16 Å². The maximum Gasteiger partial charge on any atom is 0.358 e. The first-order chi connectivity index (χ1) is 5.54. The summed E-state index contributed by atoms with van der Waals surface area (Å²) in [5.74, 6) is -1.37. The molecule has 0 saturated heterocycles. The lowest BCUT2D eigenvalue weighted by Crippen LogP contribution is -2.05. The van der Waals surface area contributed by atoms with Gasteiger partial charge in [-0.3, -0.25) is 4.79 Å². The number of aromatic carboxylic acids is 1. The molecule has 12 heavy (non-hydrogen) atoms. The van der Waals surface area contributed by atoms with E-state index in [0.29, 0.717) is 0 Å². The van der Waals surface area contributed by atoms with Crippen LogP contribution >= 0.6 is 0 Å². The molecule has 1 N–H and O–H groups in total. The van der Waals surface area contributed by atoms with Crippen LogP contribution in [0.15, 0.2) is 4.52 Å². The fourth-order valence-electron chi connectivity index (χ4n) is 0.933. The first-order valence-corrected chi connectivity index (χ1v) is 3.24. The number of carbonyl (C=O) groups is 2. The number of hydrogen-bond acceptors (Lipinski definition) is 4. The molecule has 0 saturated carbocycles. The minimum atomic E-state index is -1.25. The van der Waals surface area contributed by atoms with E-state index in [1.165, 1.54) is 13.8 Å². The number of Topliss-reactive ketones (excluding diaryl/α,β-unsaturated/α-hetero) is 1. The maximum atomic E-state index is 10.9. The summed E-state index contributed by atoms with van der Waals surface area (Å²) in [4.78, 5) is 21.4. The van der Waals surface area contributed by atoms with Gasteiger partial charge in [-0.2, -0.15) is 0 Å². The first-order valence-electron chi connectivity index (χ1n) is 3.24. The third kappa shape index (κ3) is 1.20. The highest BCUT2D eigenvalue weighted by atomic mass is 16.5. The minimum absolute atomic E-state index is 0.0440. The number of carbonyl (C=O) groups excluding carboxylic acids is 1. The molecule has 0 aliphatic heterocycles. The Hall–Kier alpha value is -1.65. The number of aromatic nitrogens is 1. The number of rotatable bonds is 2. The number of aryl methyl sites for hydroxylation is 1. The fourth-order valence-corrected chi connectivity index (χ4v) is 0.933. The summed E-state index contributed by atoms with van der Waals surface area (Å²) in [6, 6.07) is 0. The molecule has 1 rings (SSSR count). The van der Waals surface area contributed by atoms with Crippen LogP contribution < -0.4 is 0 Å². The average molecular weight is 169 g/mol. The molecule has 5 nitrogen and oxygen atoms in total. The lowest BCUT2D eigenvalue weighted by molar-refractivity contribution is 0.0681. The Morgan fingerprint density at radius 3 is 2.42 bits per heavy atom. The molecule has 5 heteroatoms. The molecule has 0 aromatic carbocycles. The highest BCUT2D eigenvalue weighted by Gasteiger charge is 2.21. The van der Waals surface area contributed by atoms with Crippen LogP contribution in [0.3, 0.4) is 0 Å². The van der Waals surface area contributed by atoms with E-state index in [2.05, 4.69) is 9.68 Å². The van der Waals surface area contributed by atoms with Crippen molar-refractivity contribution >= 4 is 11.8 Å². The SMILES string of the molecule is CC(=O)c1c(C(=O)O)noc1C. The summed E-state index contributed by atoms with van der Waals surface area (Å²) in [6.07, 6.45) is 0. The van der Waals surface area contributed by atoms with E-state index in [1.54, 1.807) is 0 Å². The number of ketones is 1. The molecule has 1 heterocycles. The first kappa shape index (κ1) is 8.45. The maximum absolute atomic E-state index is 10.9. The van der Waals surface area contributed by atoms with Gasteiger partial charge in [-0.15, -0.1) is 0 Å². The van der Waals surface area contributed by atoms with Crippen LogP contribution in [0.1, 0.15) is 33.5 Å². The third-order valence-corrected chi connectivity index (χ3v) is 1.42. The standard InChI is InChI=1S/C7H7NO4/c1-3(9)5-4(2)12-8-6(5)7(10)11/h1-2H3,(H,10,11). The Morgan fingerprint density at radius 2 is 2.08 bits per heavy atom. The predicted octanol–water partition coefficient (Wildman–Crippen LogP) is 0.884. The molecule has 64 valence electrons. The van der Waals surface area contributed by atoms with Crippen LogP contribution in [0.2, 0.25) is 0 Å². The molecule has 0 atom stereocenters. The van der Waals surface area contributed by atoms with Gasteiger partial charge in [0, 0.05) is 0 Å². The lowest BCUT2D eigenvalue weighted by atomic mass is 10.1. The van der Waals surface area contributed by atoms with Crippen molar-refractivity contribution in [3.63, 3.8) is 0 Å². The molecule has 0 aliphatic rings. The van der Waals surface area contributed by atoms with Gasteiger partial charge in [0.1, 0.15) is 5.76 Å². The summed E-state index contributed by atoms with van der Waals surface area (Å²) in [5.41, 5.74) is -0.275. The summed E-state index contributed by atoms with van der Waals surface area (Å²) in [5, 5.41) is 11.8. The average Bonchev–Trinajstić information content (AvgIpc) is 2.30. The van der Waals surface area contributed by atoms with Gasteiger partial charge >= 0.3 is 5.97 Å². The number of nitrogens with zero attached hydrogens (tertiary/aromatic N) is 1. The van der Waals surface area contributed by atoms with Crippen LogP contribution in [-0.2, 0) is 0 Å². The summed E-state index contributed by atoms with van der Waals surface area (Å²) in [7, 11) is 0. The van der Waals surface area contributed by atoms with Crippen molar-refractivity contribution in [2.75, 3.05) is 0 Å². The van der Waals surface area contributed by atoms with Gasteiger partial charge in [-0.25, -0.2) is 4.79 Å². The van der Waals surface area contributed by atoms with Crippen molar-refractivity contribution in [2.45, 2.75) is 13.8 Å². The second kappa shape index (κ2) is 2.77. The van der Waals surface area contributed by atoms with E-state index in [-0.39, 0.29) is 22.8 Å². The monoisotopic (exact) mass is 169 g/mol. The zero-order valence-corrected chi connectivity index (χ0v) is 6.62. The molecule has 0 unspecified atom stereocenters. The largest absolute Gasteiger partial charge is 0.476 e. The van der Waals surface area contributed by atoms with Gasteiger partial charge in [-0.05, 0) is 13.8 Å². The van der Waals surface area contributed by atoms with E-state index < -0.39 is 5.97 Å². The number of hydrogen-bond donors (Lipinski definition) is 1. The van der Waals surface area contributed by atoms with Crippen molar-refractivity contribution < 1.29 is 19.2 Å². The molecule has 0 fully saturated rings. The van der Waals surface area contributed by atoms with Crippen molar-refractivity contribution in [2.24, 2.45) is 0 Å². The highest BCUT2D eigenvalue weighted by Crippen LogP contribution is 2.13. The Kier molecular flexibility index (Phi) is 1.95. The Balaban J connectivity index is 3.31. The van der Waals surface area contributed by atoms with Gasteiger partial charge in [-0.1, -0.05) is 5.16 Å². The zero-order valence-electron chi connectivity index (χ0n) is 6.62. The molecule has 0 spiro atoms. The summed E-state index contributed by atoms with van der Waals surface area (Å²) < 4.78 is 4.57. The van der Waals surface area contributed by atoms with Gasteiger partial charge in [0.2, 0.25) is 5.69 Å². The van der Waals surface area contributed by atoms with E-state index >= 15 is 0 Å². The topological polar surface area (TPSA) is 80.4 Å². The smallest absolute Gasteiger partial charge is 0.358 e. The Morgan fingerprint density at radius 1 is 1.50 bits per heavy atom. The van der Waals surface area contributed by atoms with E-state index in [9.17, 15) is 9.59 Å². The van der Waals surface area contributed by atoms with Crippen LogP contribution in [0.4, 0.5) is 0 Å². The lowest BCUT2D eigenvalue weighted by Gasteiger charge is -1.90. The van der Waals surface area contributed by atoms with Crippen molar-refractivity contribution in [3.8, 4) is 0 Å². The van der Waals surface area contributed by atoms with E-state index in [1.807, 2.05) is 0 Å². The van der Waals surface area contributed by atoms with Crippen LogP contribution in [0, 0.1) is 6.92 Å². The van der Waals surface area contributed by atoms with E-state index in [4.69, 9.17) is 5.11 Å². The quantitative estimate of drug-likeness (QED) is 0.664. The van der Waals surface area contributed by atoms with Gasteiger partial charge in [0.05, 0.1) is 5.56 Å². The van der Waals surface area contributed by atoms with Crippen LogP contribution in [0.25, 0.3) is 0 Å². The van der Waals surface area contributed by atoms with Crippen LogP contribution in [-0.4, -0.2) is 22.0 Å². The van der Waals surface area contributed by atoms with Crippen LogP contribution in [0.5, 0.6) is 0 Å². The molecule has 0 amide bonds. The molecule has 1 aromatic rings. The van der Waals surface area contributed by atoms with Crippen molar-refractivity contribution in [1.29, 1.82) is 0 Å². The van der Waals surface area contributed by atoms with Gasteiger partial charge < -0.3 is 9.63 Å². The molecular weight excluding hydrogens is 162 g/mol.